The molecule has 0 spiro atoms. The summed E-state index contributed by atoms with van der Waals surface area (Å²) >= 11 is 0. The Morgan fingerprint density at radius 1 is 0.889 bits per heavy atom. The lowest BCUT2D eigenvalue weighted by Crippen LogP contribution is -2.28. The number of rotatable bonds is 10. The lowest BCUT2D eigenvalue weighted by molar-refractivity contribution is -0.151. The van der Waals surface area contributed by atoms with Crippen molar-refractivity contribution in [3.63, 3.8) is 0 Å². The predicted molar refractivity (Wildman–Crippen MR) is 129 cm³/mol. The van der Waals surface area contributed by atoms with Gasteiger partial charge in [0.25, 0.3) is 5.91 Å². The zero-order valence-electron chi connectivity index (χ0n) is 20.2. The van der Waals surface area contributed by atoms with E-state index in [-0.39, 0.29) is 25.5 Å². The summed E-state index contributed by atoms with van der Waals surface area (Å²) in [6.45, 7) is 3.78. The van der Waals surface area contributed by atoms with Gasteiger partial charge in [-0.05, 0) is 61.9 Å². The summed E-state index contributed by atoms with van der Waals surface area (Å²) in [5.74, 6) is -3.09. The van der Waals surface area contributed by atoms with E-state index in [2.05, 4.69) is 5.32 Å². The van der Waals surface area contributed by atoms with E-state index in [0.717, 1.165) is 6.42 Å². The van der Waals surface area contributed by atoms with Gasteiger partial charge < -0.3 is 24.4 Å². The van der Waals surface area contributed by atoms with Gasteiger partial charge in [0.05, 0.1) is 30.3 Å². The van der Waals surface area contributed by atoms with Crippen LogP contribution in [0.5, 0.6) is 0 Å². The third kappa shape index (κ3) is 6.91. The molecule has 0 aromatic heterocycles. The molecule has 0 saturated carbocycles. The van der Waals surface area contributed by atoms with Gasteiger partial charge in [-0.25, -0.2) is 9.59 Å². The molecule has 0 radical (unpaired) electrons. The molecule has 1 aliphatic heterocycles. The van der Waals surface area contributed by atoms with Crippen LogP contribution in [0.3, 0.4) is 0 Å². The van der Waals surface area contributed by atoms with Crippen molar-refractivity contribution < 1.29 is 38.2 Å². The fourth-order valence-electron chi connectivity index (χ4n) is 3.53. The fraction of sp³-hybridized carbons (Fsp3) is 0.346. The molecule has 10 heteroatoms. The van der Waals surface area contributed by atoms with E-state index >= 15 is 0 Å². The van der Waals surface area contributed by atoms with E-state index in [9.17, 15) is 24.0 Å². The van der Waals surface area contributed by atoms with Crippen LogP contribution in [0.2, 0.25) is 0 Å². The number of nitrogens with one attached hydrogen (secondary N) is 1. The standard InChI is InChI=1S/C26H28N2O8/c1-3-13-35-25(32)18-7-11-21(12-8-18)28-15-19(14-23(28)30)26(33)36-16-22(29)27-20-9-5-17(6-10-20)24(31)34-4-2/h5-12,19H,3-4,13-16H2,1-2H3,(H,27,29)/t19-/m0/s1. The van der Waals surface area contributed by atoms with Crippen LogP contribution in [0, 0.1) is 5.92 Å². The summed E-state index contributed by atoms with van der Waals surface area (Å²) in [5, 5.41) is 2.57. The van der Waals surface area contributed by atoms with Crippen LogP contribution in [-0.4, -0.2) is 56.1 Å². The number of hydrogen-bond acceptors (Lipinski definition) is 8. The Hall–Kier alpha value is -4.21. The molecule has 10 nitrogen and oxygen atoms in total. The number of hydrogen-bond donors (Lipinski definition) is 1. The molecule has 2 aromatic rings. The number of nitrogens with zero attached hydrogens (tertiary/aromatic N) is 1. The Balaban J connectivity index is 1.48. The lowest BCUT2D eigenvalue weighted by Gasteiger charge is -2.17. The minimum absolute atomic E-state index is 0.0456. The van der Waals surface area contributed by atoms with E-state index in [1.165, 1.54) is 29.2 Å². The van der Waals surface area contributed by atoms with Crippen molar-refractivity contribution in [3.05, 3.63) is 59.7 Å². The van der Waals surface area contributed by atoms with Gasteiger partial charge in [0.1, 0.15) is 0 Å². The first-order chi connectivity index (χ1) is 17.3. The van der Waals surface area contributed by atoms with Crippen LogP contribution in [0.15, 0.2) is 48.5 Å². The van der Waals surface area contributed by atoms with Crippen LogP contribution in [0.4, 0.5) is 11.4 Å². The highest BCUT2D eigenvalue weighted by Crippen LogP contribution is 2.26. The topological polar surface area (TPSA) is 128 Å². The zero-order chi connectivity index (χ0) is 26.1. The SMILES string of the molecule is CCCOC(=O)c1ccc(N2C[C@@H](C(=O)OCC(=O)Nc3ccc(C(=O)OCC)cc3)CC2=O)cc1. The highest BCUT2D eigenvalue weighted by molar-refractivity contribution is 6.00. The molecule has 1 aliphatic rings. The van der Waals surface area contributed by atoms with Crippen molar-refractivity contribution in [3.8, 4) is 0 Å². The Bertz CT molecular complexity index is 1110. The predicted octanol–water partition coefficient (Wildman–Crippen LogP) is 2.96. The van der Waals surface area contributed by atoms with Gasteiger partial charge in [-0.15, -0.1) is 0 Å². The molecule has 2 amide bonds. The van der Waals surface area contributed by atoms with E-state index in [1.807, 2.05) is 6.92 Å². The largest absolute Gasteiger partial charge is 0.462 e. The van der Waals surface area contributed by atoms with Crippen LogP contribution in [0.25, 0.3) is 0 Å². The number of benzene rings is 2. The molecule has 1 fully saturated rings. The first kappa shape index (κ1) is 26.4. The molecule has 1 N–H and O–H groups in total. The molecule has 36 heavy (non-hydrogen) atoms. The lowest BCUT2D eigenvalue weighted by atomic mass is 10.1. The molecule has 3 rings (SSSR count). The van der Waals surface area contributed by atoms with Crippen molar-refractivity contribution in [1.29, 1.82) is 0 Å². The third-order valence-corrected chi connectivity index (χ3v) is 5.34. The van der Waals surface area contributed by atoms with Crippen LogP contribution in [-0.2, 0) is 28.6 Å². The number of carbonyl (C=O) groups is 5. The van der Waals surface area contributed by atoms with Gasteiger partial charge in [-0.3, -0.25) is 14.4 Å². The van der Waals surface area contributed by atoms with Gasteiger partial charge in [0.15, 0.2) is 6.61 Å². The number of anilines is 2. The quantitative estimate of drug-likeness (QED) is 0.393. The number of amides is 2. The van der Waals surface area contributed by atoms with Gasteiger partial charge in [-0.1, -0.05) is 6.92 Å². The summed E-state index contributed by atoms with van der Waals surface area (Å²) in [5.41, 5.74) is 1.69. The first-order valence-electron chi connectivity index (χ1n) is 11.6. The van der Waals surface area contributed by atoms with E-state index in [1.54, 1.807) is 31.2 Å². The maximum atomic E-state index is 12.5. The molecule has 190 valence electrons. The highest BCUT2D eigenvalue weighted by atomic mass is 16.5. The van der Waals surface area contributed by atoms with Crippen molar-refractivity contribution in [2.45, 2.75) is 26.7 Å². The second kappa shape index (κ2) is 12.5. The maximum absolute atomic E-state index is 12.5. The summed E-state index contributed by atoms with van der Waals surface area (Å²) in [7, 11) is 0. The normalized spacial score (nSPS) is 14.8. The number of carbonyl (C=O) groups excluding carboxylic acids is 5. The van der Waals surface area contributed by atoms with Crippen molar-refractivity contribution in [2.24, 2.45) is 5.92 Å². The molecule has 1 saturated heterocycles. The molecule has 1 heterocycles. The monoisotopic (exact) mass is 496 g/mol. The van der Waals surface area contributed by atoms with E-state index in [4.69, 9.17) is 14.2 Å². The molecule has 0 unspecified atom stereocenters. The Labute approximate surface area is 208 Å². The Morgan fingerprint density at radius 3 is 2.11 bits per heavy atom. The van der Waals surface area contributed by atoms with Crippen molar-refractivity contribution in [1.82, 2.24) is 0 Å². The summed E-state index contributed by atoms with van der Waals surface area (Å²) in [6, 6.07) is 12.5. The summed E-state index contributed by atoms with van der Waals surface area (Å²) < 4.78 is 15.1. The van der Waals surface area contributed by atoms with Gasteiger partial charge >= 0.3 is 17.9 Å². The maximum Gasteiger partial charge on any atom is 0.338 e. The Kier molecular flexibility index (Phi) is 9.15. The number of esters is 3. The molecule has 0 aliphatic carbocycles. The second-order valence-corrected chi connectivity index (χ2v) is 8.04. The van der Waals surface area contributed by atoms with E-state index < -0.39 is 36.3 Å². The van der Waals surface area contributed by atoms with E-state index in [0.29, 0.717) is 29.1 Å². The first-order valence-corrected chi connectivity index (χ1v) is 11.6. The molecule has 1 atom stereocenters. The summed E-state index contributed by atoms with van der Waals surface area (Å²) in [6.07, 6.45) is 0.672. The van der Waals surface area contributed by atoms with Crippen LogP contribution in [0.1, 0.15) is 47.4 Å². The highest BCUT2D eigenvalue weighted by Gasteiger charge is 2.36. The van der Waals surface area contributed by atoms with Gasteiger partial charge in [0.2, 0.25) is 5.91 Å². The van der Waals surface area contributed by atoms with Crippen LogP contribution >= 0.6 is 0 Å². The Morgan fingerprint density at radius 2 is 1.50 bits per heavy atom. The second-order valence-electron chi connectivity index (χ2n) is 8.04. The molecular formula is C26H28N2O8. The number of ether oxygens (including phenoxy) is 3. The molecule has 2 aromatic carbocycles. The smallest absolute Gasteiger partial charge is 0.338 e. The van der Waals surface area contributed by atoms with Crippen molar-refractivity contribution in [2.75, 3.05) is 36.6 Å². The van der Waals surface area contributed by atoms with Gasteiger partial charge in [-0.2, -0.15) is 0 Å². The summed E-state index contributed by atoms with van der Waals surface area (Å²) in [4.78, 5) is 62.1. The minimum Gasteiger partial charge on any atom is -0.462 e. The average molecular weight is 497 g/mol. The van der Waals surface area contributed by atoms with Gasteiger partial charge in [0, 0.05) is 24.3 Å². The van der Waals surface area contributed by atoms with Crippen LogP contribution < -0.4 is 10.2 Å². The molecule has 0 bridgehead atoms. The minimum atomic E-state index is -0.719. The zero-order valence-corrected chi connectivity index (χ0v) is 20.2. The average Bonchev–Trinajstić information content (AvgIpc) is 3.28. The molecular weight excluding hydrogens is 468 g/mol. The third-order valence-electron chi connectivity index (χ3n) is 5.34. The van der Waals surface area contributed by atoms with Crippen molar-refractivity contribution >= 4 is 41.1 Å². The fourth-order valence-corrected chi connectivity index (χ4v) is 3.53.